The fourth-order valence-electron chi connectivity index (χ4n) is 3.27. The van der Waals surface area contributed by atoms with Crippen LogP contribution in [0.2, 0.25) is 0 Å². The van der Waals surface area contributed by atoms with Gasteiger partial charge >= 0.3 is 0 Å². The van der Waals surface area contributed by atoms with Gasteiger partial charge in [0.25, 0.3) is 5.91 Å². The van der Waals surface area contributed by atoms with Crippen molar-refractivity contribution in [1.82, 2.24) is 9.88 Å². The predicted molar refractivity (Wildman–Crippen MR) is 115 cm³/mol. The fraction of sp³-hybridized carbons (Fsp3) is 0.300. The van der Waals surface area contributed by atoms with Crippen LogP contribution in [0.15, 0.2) is 33.5 Å². The van der Waals surface area contributed by atoms with Crippen LogP contribution in [0, 0.1) is 11.6 Å². The Morgan fingerprint density at radius 1 is 1.23 bits per heavy atom. The number of aromatic nitrogens is 1. The van der Waals surface area contributed by atoms with E-state index in [4.69, 9.17) is 0 Å². The second-order valence-corrected chi connectivity index (χ2v) is 8.71. The minimum absolute atomic E-state index is 0.0838. The average Bonchev–Trinajstić information content (AvgIpc) is 3.32. The molecule has 4 rings (SSSR count). The third-order valence-electron chi connectivity index (χ3n) is 4.68. The van der Waals surface area contributed by atoms with E-state index in [2.05, 4.69) is 14.9 Å². The maximum atomic E-state index is 14.2. The van der Waals surface area contributed by atoms with E-state index in [1.807, 2.05) is 0 Å². The molecular weight excluding hydrogens is 430 g/mol. The molecule has 2 aliphatic heterocycles. The highest BCUT2D eigenvalue weighted by molar-refractivity contribution is 8.18. The molecule has 156 valence electrons. The lowest BCUT2D eigenvalue weighted by Gasteiger charge is -2.27. The van der Waals surface area contributed by atoms with Crippen molar-refractivity contribution in [3.05, 3.63) is 45.8 Å². The van der Waals surface area contributed by atoms with Crippen molar-refractivity contribution in [2.45, 2.75) is 26.2 Å². The maximum absolute atomic E-state index is 14.2. The number of nitrogens with zero attached hydrogens (tertiary/aromatic N) is 4. The van der Waals surface area contributed by atoms with Crippen LogP contribution in [0.5, 0.6) is 0 Å². The Bertz CT molecular complexity index is 1060. The molecule has 1 fully saturated rings. The van der Waals surface area contributed by atoms with Crippen molar-refractivity contribution in [2.24, 2.45) is 4.99 Å². The number of benzene rings is 1. The predicted octanol–water partition coefficient (Wildman–Crippen LogP) is 4.56. The van der Waals surface area contributed by atoms with Crippen molar-refractivity contribution in [3.63, 3.8) is 0 Å². The van der Waals surface area contributed by atoms with E-state index in [0.29, 0.717) is 15.8 Å². The molecule has 1 aromatic carbocycles. The number of halogens is 2. The lowest BCUT2D eigenvalue weighted by Crippen LogP contribution is -2.33. The minimum Gasteiger partial charge on any atom is -0.351 e. The number of amidine groups is 1. The van der Waals surface area contributed by atoms with Gasteiger partial charge in [-0.25, -0.2) is 13.8 Å². The standard InChI is InChI=1S/C20H18F2N4O2S2/c1-12(27)26(16-6-5-13(21)9-15(16)22)20-23-14(11-29-20)10-17-18(28)24-19(30-17)25-7-3-2-4-8-25/h5-6,9-11H,2-4,7-8H2,1H3/b17-10+. The number of carbonyl (C=O) groups excluding carboxylic acids is 2. The molecule has 0 unspecified atom stereocenters. The summed E-state index contributed by atoms with van der Waals surface area (Å²) in [6.45, 7) is 3.06. The number of hydrogen-bond donors (Lipinski definition) is 0. The summed E-state index contributed by atoms with van der Waals surface area (Å²) in [7, 11) is 0. The van der Waals surface area contributed by atoms with Gasteiger partial charge in [0.15, 0.2) is 10.3 Å². The van der Waals surface area contributed by atoms with Crippen molar-refractivity contribution in [3.8, 4) is 0 Å². The Morgan fingerprint density at radius 2 is 2.00 bits per heavy atom. The van der Waals surface area contributed by atoms with Gasteiger partial charge in [-0.1, -0.05) is 0 Å². The summed E-state index contributed by atoms with van der Waals surface area (Å²) in [4.78, 5) is 36.6. The number of anilines is 2. The van der Waals surface area contributed by atoms with E-state index in [-0.39, 0.29) is 16.7 Å². The molecule has 3 heterocycles. The largest absolute Gasteiger partial charge is 0.351 e. The van der Waals surface area contributed by atoms with Crippen molar-refractivity contribution in [1.29, 1.82) is 0 Å². The molecule has 10 heteroatoms. The summed E-state index contributed by atoms with van der Waals surface area (Å²) in [5.41, 5.74) is 0.384. The minimum atomic E-state index is -0.860. The fourth-order valence-corrected chi connectivity index (χ4v) is 5.05. The molecule has 0 bridgehead atoms. The smallest absolute Gasteiger partial charge is 0.286 e. The Kier molecular flexibility index (Phi) is 5.96. The van der Waals surface area contributed by atoms with Crippen LogP contribution < -0.4 is 4.90 Å². The Labute approximate surface area is 180 Å². The topological polar surface area (TPSA) is 65.9 Å². The summed E-state index contributed by atoms with van der Waals surface area (Å²) in [6.07, 6.45) is 4.98. The van der Waals surface area contributed by atoms with Crippen molar-refractivity contribution >= 4 is 57.0 Å². The third-order valence-corrected chi connectivity index (χ3v) is 6.57. The Morgan fingerprint density at radius 3 is 2.70 bits per heavy atom. The number of thiazole rings is 1. The third kappa shape index (κ3) is 4.29. The summed E-state index contributed by atoms with van der Waals surface area (Å²) < 4.78 is 27.5. The second kappa shape index (κ2) is 8.65. The van der Waals surface area contributed by atoms with Crippen LogP contribution in [0.1, 0.15) is 31.9 Å². The van der Waals surface area contributed by atoms with Gasteiger partial charge in [-0.3, -0.25) is 14.5 Å². The van der Waals surface area contributed by atoms with Crippen molar-refractivity contribution in [2.75, 3.05) is 18.0 Å². The quantitative estimate of drug-likeness (QED) is 0.644. The first-order valence-electron chi connectivity index (χ1n) is 9.41. The monoisotopic (exact) mass is 448 g/mol. The second-order valence-electron chi connectivity index (χ2n) is 6.86. The van der Waals surface area contributed by atoms with Gasteiger partial charge in [0.2, 0.25) is 5.91 Å². The van der Waals surface area contributed by atoms with Crippen molar-refractivity contribution < 1.29 is 18.4 Å². The van der Waals surface area contributed by atoms with E-state index in [9.17, 15) is 18.4 Å². The number of rotatable bonds is 3. The first kappa shape index (κ1) is 20.7. The summed E-state index contributed by atoms with van der Waals surface area (Å²) in [5, 5.41) is 2.61. The normalized spacial score (nSPS) is 18.1. The van der Waals surface area contributed by atoms with Crippen LogP contribution in [-0.4, -0.2) is 40.0 Å². The molecule has 2 aromatic rings. The van der Waals surface area contributed by atoms with Crippen LogP contribution in [-0.2, 0) is 9.59 Å². The number of piperidine rings is 1. The number of likely N-dealkylation sites (tertiary alicyclic amines) is 1. The highest BCUT2D eigenvalue weighted by Gasteiger charge is 2.27. The molecule has 2 amide bonds. The maximum Gasteiger partial charge on any atom is 0.286 e. The lowest BCUT2D eigenvalue weighted by atomic mass is 10.1. The molecule has 6 nitrogen and oxygen atoms in total. The number of amides is 2. The van der Waals surface area contributed by atoms with Gasteiger partial charge in [-0.05, 0) is 49.2 Å². The molecule has 1 aromatic heterocycles. The number of thioether (sulfide) groups is 1. The first-order valence-corrected chi connectivity index (χ1v) is 11.1. The number of aliphatic imine (C=N–C) groups is 1. The highest BCUT2D eigenvalue weighted by Crippen LogP contribution is 2.34. The summed E-state index contributed by atoms with van der Waals surface area (Å²) >= 11 is 2.44. The molecule has 2 aliphatic rings. The summed E-state index contributed by atoms with van der Waals surface area (Å²) in [5.74, 6) is -2.37. The molecular formula is C20H18F2N4O2S2. The molecule has 0 atom stereocenters. The molecule has 0 spiro atoms. The van der Waals surface area contributed by atoms with E-state index >= 15 is 0 Å². The zero-order valence-electron chi connectivity index (χ0n) is 16.1. The van der Waals surface area contributed by atoms with Gasteiger partial charge in [-0.15, -0.1) is 11.3 Å². The molecule has 30 heavy (non-hydrogen) atoms. The number of carbonyl (C=O) groups is 2. The average molecular weight is 449 g/mol. The van der Waals surface area contributed by atoms with Gasteiger partial charge in [0, 0.05) is 31.5 Å². The molecule has 0 saturated carbocycles. The molecule has 0 aliphatic carbocycles. The van der Waals surface area contributed by atoms with E-state index in [1.165, 1.54) is 31.2 Å². The van der Waals surface area contributed by atoms with Gasteiger partial charge in [-0.2, -0.15) is 4.99 Å². The molecule has 0 radical (unpaired) electrons. The zero-order valence-corrected chi connectivity index (χ0v) is 17.7. The lowest BCUT2D eigenvalue weighted by molar-refractivity contribution is -0.116. The SMILES string of the molecule is CC(=O)N(c1nc(/C=C2/SC(N3CCCCC3)=NC2=O)cs1)c1ccc(F)cc1F. The van der Waals surface area contributed by atoms with Crippen LogP contribution >= 0.6 is 23.1 Å². The Balaban J connectivity index is 1.56. The van der Waals surface area contributed by atoms with Crippen LogP contribution in [0.4, 0.5) is 19.6 Å². The van der Waals surface area contributed by atoms with E-state index < -0.39 is 17.5 Å². The van der Waals surface area contributed by atoms with Gasteiger partial charge in [0.05, 0.1) is 16.3 Å². The van der Waals surface area contributed by atoms with Crippen LogP contribution in [0.3, 0.4) is 0 Å². The van der Waals surface area contributed by atoms with E-state index in [0.717, 1.165) is 54.3 Å². The highest BCUT2D eigenvalue weighted by atomic mass is 32.2. The van der Waals surface area contributed by atoms with Gasteiger partial charge < -0.3 is 4.90 Å². The van der Waals surface area contributed by atoms with Crippen LogP contribution in [0.25, 0.3) is 6.08 Å². The Hall–Kier alpha value is -2.59. The molecule has 0 N–H and O–H groups in total. The first-order chi connectivity index (χ1) is 14.4. The van der Waals surface area contributed by atoms with Gasteiger partial charge in [0.1, 0.15) is 11.6 Å². The zero-order chi connectivity index (χ0) is 21.3. The van der Waals surface area contributed by atoms with E-state index in [1.54, 1.807) is 11.5 Å². The molecule has 1 saturated heterocycles. The number of hydrogen-bond acceptors (Lipinski definition) is 6. The summed E-state index contributed by atoms with van der Waals surface area (Å²) in [6, 6.07) is 2.99.